The summed E-state index contributed by atoms with van der Waals surface area (Å²) in [4.78, 5) is 11.6. The van der Waals surface area contributed by atoms with Crippen molar-refractivity contribution >= 4 is 5.91 Å². The highest BCUT2D eigenvalue weighted by Gasteiger charge is 2.14. The van der Waals surface area contributed by atoms with Gasteiger partial charge in [-0.15, -0.1) is 0 Å². The van der Waals surface area contributed by atoms with Gasteiger partial charge in [0.25, 0.3) is 0 Å². The van der Waals surface area contributed by atoms with Gasteiger partial charge in [0.1, 0.15) is 0 Å². The van der Waals surface area contributed by atoms with E-state index in [0.29, 0.717) is 25.5 Å². The molecule has 0 radical (unpaired) electrons. The summed E-state index contributed by atoms with van der Waals surface area (Å²) in [6.45, 7) is 4.74. The topological polar surface area (TPSA) is 59.6 Å². The fraction of sp³-hybridized carbons (Fsp3) is 0.923. The summed E-state index contributed by atoms with van der Waals surface area (Å²) in [6, 6.07) is 0. The first-order chi connectivity index (χ1) is 8.83. The Balaban J connectivity index is 1.90. The minimum atomic E-state index is 0.162. The SMILES string of the molecule is COCCNCCNC(=O)CCC1CCOCC1. The van der Waals surface area contributed by atoms with E-state index < -0.39 is 0 Å². The van der Waals surface area contributed by atoms with Crippen molar-refractivity contribution in [3.8, 4) is 0 Å². The Morgan fingerprint density at radius 3 is 2.78 bits per heavy atom. The minimum absolute atomic E-state index is 0.162. The molecular formula is C13H26N2O3. The van der Waals surface area contributed by atoms with Crippen molar-refractivity contribution in [2.45, 2.75) is 25.7 Å². The molecule has 5 nitrogen and oxygen atoms in total. The zero-order valence-corrected chi connectivity index (χ0v) is 11.4. The van der Waals surface area contributed by atoms with Crippen LogP contribution in [0.5, 0.6) is 0 Å². The monoisotopic (exact) mass is 258 g/mol. The van der Waals surface area contributed by atoms with Crippen LogP contribution in [-0.2, 0) is 14.3 Å². The average molecular weight is 258 g/mol. The molecule has 18 heavy (non-hydrogen) atoms. The van der Waals surface area contributed by atoms with Crippen LogP contribution < -0.4 is 10.6 Å². The fourth-order valence-electron chi connectivity index (χ4n) is 2.05. The third-order valence-electron chi connectivity index (χ3n) is 3.23. The van der Waals surface area contributed by atoms with Crippen LogP contribution in [0.1, 0.15) is 25.7 Å². The summed E-state index contributed by atoms with van der Waals surface area (Å²) in [5, 5.41) is 6.12. The lowest BCUT2D eigenvalue weighted by atomic mass is 9.95. The molecule has 0 bridgehead atoms. The highest BCUT2D eigenvalue weighted by atomic mass is 16.5. The maximum absolute atomic E-state index is 11.6. The number of methoxy groups -OCH3 is 1. The molecule has 1 saturated heterocycles. The van der Waals surface area contributed by atoms with Gasteiger partial charge < -0.3 is 20.1 Å². The number of carbonyl (C=O) groups excluding carboxylic acids is 1. The second-order valence-corrected chi connectivity index (χ2v) is 4.69. The first-order valence-electron chi connectivity index (χ1n) is 6.87. The van der Waals surface area contributed by atoms with Gasteiger partial charge in [-0.3, -0.25) is 4.79 Å². The molecule has 106 valence electrons. The molecule has 0 aromatic heterocycles. The van der Waals surface area contributed by atoms with Gasteiger partial charge in [0.05, 0.1) is 6.61 Å². The molecule has 1 fully saturated rings. The van der Waals surface area contributed by atoms with Crippen LogP contribution >= 0.6 is 0 Å². The smallest absolute Gasteiger partial charge is 0.220 e. The van der Waals surface area contributed by atoms with Gasteiger partial charge in [-0.05, 0) is 25.2 Å². The lowest BCUT2D eigenvalue weighted by molar-refractivity contribution is -0.121. The van der Waals surface area contributed by atoms with E-state index in [0.717, 1.165) is 45.6 Å². The zero-order chi connectivity index (χ0) is 13.1. The van der Waals surface area contributed by atoms with E-state index in [-0.39, 0.29) is 5.91 Å². The molecule has 0 aromatic rings. The van der Waals surface area contributed by atoms with Gasteiger partial charge in [-0.2, -0.15) is 0 Å². The molecule has 1 aliphatic heterocycles. The van der Waals surface area contributed by atoms with Crippen LogP contribution in [0.4, 0.5) is 0 Å². The maximum atomic E-state index is 11.6. The predicted molar refractivity (Wildman–Crippen MR) is 70.5 cm³/mol. The summed E-state index contributed by atoms with van der Waals surface area (Å²) in [6.07, 6.45) is 3.84. The van der Waals surface area contributed by atoms with E-state index in [2.05, 4.69) is 10.6 Å². The first kappa shape index (κ1) is 15.4. The van der Waals surface area contributed by atoms with E-state index >= 15 is 0 Å². The van der Waals surface area contributed by atoms with Crippen molar-refractivity contribution < 1.29 is 14.3 Å². The summed E-state index contributed by atoms with van der Waals surface area (Å²) in [5.74, 6) is 0.833. The van der Waals surface area contributed by atoms with E-state index in [9.17, 15) is 4.79 Å². The number of carbonyl (C=O) groups is 1. The van der Waals surface area contributed by atoms with E-state index in [4.69, 9.17) is 9.47 Å². The Morgan fingerprint density at radius 2 is 2.06 bits per heavy atom. The van der Waals surface area contributed by atoms with Crippen LogP contribution in [0.2, 0.25) is 0 Å². The maximum Gasteiger partial charge on any atom is 0.220 e. The van der Waals surface area contributed by atoms with Gasteiger partial charge in [-0.1, -0.05) is 0 Å². The Bertz CT molecular complexity index is 218. The molecule has 0 aliphatic carbocycles. The minimum Gasteiger partial charge on any atom is -0.383 e. The number of rotatable bonds is 9. The molecule has 1 amide bonds. The molecule has 1 aliphatic rings. The third-order valence-corrected chi connectivity index (χ3v) is 3.23. The van der Waals surface area contributed by atoms with Crippen molar-refractivity contribution in [1.29, 1.82) is 0 Å². The molecule has 5 heteroatoms. The van der Waals surface area contributed by atoms with E-state index in [1.165, 1.54) is 0 Å². The molecule has 2 N–H and O–H groups in total. The van der Waals surface area contributed by atoms with Crippen LogP contribution in [0.25, 0.3) is 0 Å². The number of hydrogen-bond donors (Lipinski definition) is 2. The molecule has 0 atom stereocenters. The Morgan fingerprint density at radius 1 is 1.28 bits per heavy atom. The molecule has 0 unspecified atom stereocenters. The Labute approximate surface area is 110 Å². The van der Waals surface area contributed by atoms with Gasteiger partial charge in [-0.25, -0.2) is 0 Å². The average Bonchev–Trinajstić information content (AvgIpc) is 2.41. The van der Waals surface area contributed by atoms with Crippen LogP contribution in [-0.4, -0.2) is 52.5 Å². The van der Waals surface area contributed by atoms with Crippen molar-refractivity contribution in [3.63, 3.8) is 0 Å². The summed E-state index contributed by atoms with van der Waals surface area (Å²) >= 11 is 0. The Hall–Kier alpha value is -0.650. The fourth-order valence-corrected chi connectivity index (χ4v) is 2.05. The standard InChI is InChI=1S/C13H26N2O3/c1-17-11-8-14-6-7-15-13(16)3-2-12-4-9-18-10-5-12/h12,14H,2-11H2,1H3,(H,15,16). The molecule has 0 saturated carbocycles. The molecule has 0 aromatic carbocycles. The summed E-state index contributed by atoms with van der Waals surface area (Å²) in [5.41, 5.74) is 0. The highest BCUT2D eigenvalue weighted by molar-refractivity contribution is 5.75. The number of hydrogen-bond acceptors (Lipinski definition) is 4. The third kappa shape index (κ3) is 7.63. The molecule has 0 spiro atoms. The van der Waals surface area contributed by atoms with Crippen molar-refractivity contribution in [3.05, 3.63) is 0 Å². The number of amides is 1. The Kier molecular flexibility index (Phi) is 8.81. The van der Waals surface area contributed by atoms with Crippen LogP contribution in [0.3, 0.4) is 0 Å². The van der Waals surface area contributed by atoms with Gasteiger partial charge in [0, 0.05) is 46.4 Å². The molecule has 1 rings (SSSR count). The van der Waals surface area contributed by atoms with Gasteiger partial charge in [0.15, 0.2) is 0 Å². The summed E-state index contributed by atoms with van der Waals surface area (Å²) < 4.78 is 10.2. The summed E-state index contributed by atoms with van der Waals surface area (Å²) in [7, 11) is 1.68. The second-order valence-electron chi connectivity index (χ2n) is 4.69. The predicted octanol–water partition coefficient (Wildman–Crippen LogP) is 0.545. The molecule has 1 heterocycles. The highest BCUT2D eigenvalue weighted by Crippen LogP contribution is 2.19. The van der Waals surface area contributed by atoms with Crippen LogP contribution in [0, 0.1) is 5.92 Å². The lowest BCUT2D eigenvalue weighted by Crippen LogP contribution is -2.33. The number of nitrogens with one attached hydrogen (secondary N) is 2. The van der Waals surface area contributed by atoms with Crippen LogP contribution in [0.15, 0.2) is 0 Å². The lowest BCUT2D eigenvalue weighted by Gasteiger charge is -2.21. The van der Waals surface area contributed by atoms with Crippen molar-refractivity contribution in [2.24, 2.45) is 5.92 Å². The van der Waals surface area contributed by atoms with Gasteiger partial charge >= 0.3 is 0 Å². The normalized spacial score (nSPS) is 16.7. The molecular weight excluding hydrogens is 232 g/mol. The van der Waals surface area contributed by atoms with Gasteiger partial charge in [0.2, 0.25) is 5.91 Å². The van der Waals surface area contributed by atoms with Crippen molar-refractivity contribution in [1.82, 2.24) is 10.6 Å². The first-order valence-corrected chi connectivity index (χ1v) is 6.87. The van der Waals surface area contributed by atoms with E-state index in [1.54, 1.807) is 7.11 Å². The van der Waals surface area contributed by atoms with Crippen molar-refractivity contribution in [2.75, 3.05) is 46.6 Å². The second kappa shape index (κ2) is 10.3. The number of ether oxygens (including phenoxy) is 2. The van der Waals surface area contributed by atoms with E-state index in [1.807, 2.05) is 0 Å². The largest absolute Gasteiger partial charge is 0.383 e. The quantitative estimate of drug-likeness (QED) is 0.593. The zero-order valence-electron chi connectivity index (χ0n) is 11.4.